The second-order valence-electron chi connectivity index (χ2n) is 3.66. The first-order valence-corrected chi connectivity index (χ1v) is 4.79. The predicted octanol–water partition coefficient (Wildman–Crippen LogP) is 2.48. The van der Waals surface area contributed by atoms with Gasteiger partial charge in [-0.05, 0) is 29.2 Å². The van der Waals surface area contributed by atoms with Gasteiger partial charge in [0.2, 0.25) is 0 Å². The van der Waals surface area contributed by atoms with Crippen LogP contribution in [0.3, 0.4) is 0 Å². The van der Waals surface area contributed by atoms with Crippen LogP contribution in [0.15, 0.2) is 18.2 Å². The van der Waals surface area contributed by atoms with Crippen LogP contribution in [0.5, 0.6) is 0 Å². The summed E-state index contributed by atoms with van der Waals surface area (Å²) in [6.45, 7) is 5.04. The van der Waals surface area contributed by atoms with E-state index in [1.807, 2.05) is 19.9 Å². The average Bonchev–Trinajstić information content (AvgIpc) is 2.27. The number of esters is 1. The zero-order valence-electron chi connectivity index (χ0n) is 9.15. The first kappa shape index (κ1) is 11.7. The molecule has 0 spiro atoms. The zero-order valence-corrected chi connectivity index (χ0v) is 9.15. The van der Waals surface area contributed by atoms with Crippen molar-refractivity contribution in [2.75, 3.05) is 7.11 Å². The maximum absolute atomic E-state index is 11.3. The molecule has 81 valence electrons. The number of ether oxygens (including phenoxy) is 1. The third kappa shape index (κ3) is 2.80. The van der Waals surface area contributed by atoms with Crippen molar-refractivity contribution >= 4 is 5.97 Å². The summed E-state index contributed by atoms with van der Waals surface area (Å²) in [7, 11) is 1.34. The number of hydrogen-bond acceptors (Lipinski definition) is 3. The highest BCUT2D eigenvalue weighted by molar-refractivity contribution is 5.89. The molecule has 0 saturated carbocycles. The Hall–Kier alpha value is -1.35. The predicted molar refractivity (Wildman–Crippen MR) is 57.2 cm³/mol. The van der Waals surface area contributed by atoms with Gasteiger partial charge in [0.1, 0.15) is 6.61 Å². The summed E-state index contributed by atoms with van der Waals surface area (Å²) in [5.74, 6) is -0.0890. The maximum Gasteiger partial charge on any atom is 0.337 e. The van der Waals surface area contributed by atoms with Crippen molar-refractivity contribution in [3.05, 3.63) is 41.5 Å². The lowest BCUT2D eigenvalue weighted by Gasteiger charge is -2.09. The summed E-state index contributed by atoms with van der Waals surface area (Å²) in [5, 5.41) is 8.95. The van der Waals surface area contributed by atoms with Gasteiger partial charge in [-0.2, -0.15) is 0 Å². The minimum absolute atomic E-state index is 0.299. The van der Waals surface area contributed by atoms with Crippen LogP contribution in [-0.4, -0.2) is 18.2 Å². The number of aliphatic hydroxyl groups is 1. The number of aliphatic hydroxyl groups excluding tert-OH is 1. The molecule has 0 heterocycles. The van der Waals surface area contributed by atoms with E-state index < -0.39 is 0 Å². The number of rotatable bonds is 3. The Labute approximate surface area is 89.7 Å². The lowest BCUT2D eigenvalue weighted by Crippen LogP contribution is -2.04. The normalized spacial score (nSPS) is 10.5. The number of carbonyl (C=O) groups is 1. The number of hydrogen-bond donors (Lipinski definition) is 1. The molecule has 0 bridgehead atoms. The zero-order chi connectivity index (χ0) is 11.4. The van der Waals surface area contributed by atoms with Crippen molar-refractivity contribution in [2.45, 2.75) is 19.8 Å². The van der Waals surface area contributed by atoms with E-state index in [0.717, 1.165) is 12.2 Å². The first-order chi connectivity index (χ1) is 7.08. The minimum Gasteiger partial charge on any atom is -0.465 e. The first-order valence-electron chi connectivity index (χ1n) is 4.79. The topological polar surface area (TPSA) is 46.5 Å². The highest BCUT2D eigenvalue weighted by atomic mass is 16.5. The van der Waals surface area contributed by atoms with E-state index in [2.05, 4.69) is 4.74 Å². The van der Waals surface area contributed by atoms with Crippen molar-refractivity contribution in [3.63, 3.8) is 0 Å². The van der Waals surface area contributed by atoms with Gasteiger partial charge in [-0.3, -0.25) is 0 Å². The van der Waals surface area contributed by atoms with Crippen LogP contribution >= 0.6 is 0 Å². The summed E-state index contributed by atoms with van der Waals surface area (Å²) >= 11 is 0. The third-order valence-electron chi connectivity index (χ3n) is 2.21. The molecule has 15 heavy (non-hydrogen) atoms. The Balaban J connectivity index is 3.17. The minimum atomic E-state index is -0.388. The summed E-state index contributed by atoms with van der Waals surface area (Å²) < 4.78 is 4.64. The van der Waals surface area contributed by atoms with Crippen molar-refractivity contribution < 1.29 is 14.6 Å². The highest BCUT2D eigenvalue weighted by Crippen LogP contribution is 2.19. The lowest BCUT2D eigenvalue weighted by atomic mass is 9.98. The quantitative estimate of drug-likeness (QED) is 0.774. The molecule has 1 aromatic rings. The van der Waals surface area contributed by atoms with Gasteiger partial charge >= 0.3 is 5.97 Å². The van der Waals surface area contributed by atoms with Crippen molar-refractivity contribution in [3.8, 4) is 0 Å². The number of benzene rings is 1. The Morgan fingerprint density at radius 3 is 2.53 bits per heavy atom. The molecule has 0 aliphatic heterocycles. The summed E-state index contributed by atoms with van der Waals surface area (Å²) in [6, 6.07) is 5.22. The Bertz CT molecular complexity index is 356. The monoisotopic (exact) mass is 207 g/mol. The molecule has 0 unspecified atom stereocenters. The SMILES string of the molecule is COC(=O)c1cc([CH]O)cc(C(C)C)c1. The van der Waals surface area contributed by atoms with Crippen LogP contribution in [0.2, 0.25) is 0 Å². The molecule has 1 radical (unpaired) electrons. The van der Waals surface area contributed by atoms with Crippen LogP contribution in [0.4, 0.5) is 0 Å². The van der Waals surface area contributed by atoms with Gasteiger partial charge in [0.15, 0.2) is 0 Å². The molecule has 1 N–H and O–H groups in total. The van der Waals surface area contributed by atoms with Gasteiger partial charge in [-0.15, -0.1) is 0 Å². The largest absolute Gasteiger partial charge is 0.465 e. The van der Waals surface area contributed by atoms with Crippen LogP contribution in [0.1, 0.15) is 41.3 Å². The second-order valence-corrected chi connectivity index (χ2v) is 3.66. The average molecular weight is 207 g/mol. The molecule has 3 heteroatoms. The molecule has 0 amide bonds. The van der Waals surface area contributed by atoms with Gasteiger partial charge in [-0.25, -0.2) is 4.79 Å². The van der Waals surface area contributed by atoms with Crippen molar-refractivity contribution in [1.29, 1.82) is 0 Å². The molecule has 1 rings (SSSR count). The number of carbonyl (C=O) groups excluding carboxylic acids is 1. The van der Waals surface area contributed by atoms with Crippen LogP contribution in [0.25, 0.3) is 0 Å². The molecule has 0 saturated heterocycles. The van der Waals surface area contributed by atoms with Gasteiger partial charge < -0.3 is 9.84 Å². The van der Waals surface area contributed by atoms with Gasteiger partial charge in [0.25, 0.3) is 0 Å². The van der Waals surface area contributed by atoms with E-state index in [9.17, 15) is 4.79 Å². The molecular weight excluding hydrogens is 192 g/mol. The Morgan fingerprint density at radius 2 is 2.07 bits per heavy atom. The lowest BCUT2D eigenvalue weighted by molar-refractivity contribution is 0.0600. The fourth-order valence-corrected chi connectivity index (χ4v) is 1.32. The summed E-state index contributed by atoms with van der Waals surface area (Å²) in [5.41, 5.74) is 2.07. The van der Waals surface area contributed by atoms with Gasteiger partial charge in [0.05, 0.1) is 12.7 Å². The van der Waals surface area contributed by atoms with E-state index in [1.165, 1.54) is 7.11 Å². The van der Waals surface area contributed by atoms with Gasteiger partial charge in [0, 0.05) is 0 Å². The smallest absolute Gasteiger partial charge is 0.337 e. The molecule has 0 fully saturated rings. The van der Waals surface area contributed by atoms with E-state index in [4.69, 9.17) is 5.11 Å². The van der Waals surface area contributed by atoms with Gasteiger partial charge in [-0.1, -0.05) is 19.9 Å². The van der Waals surface area contributed by atoms with E-state index >= 15 is 0 Å². The second kappa shape index (κ2) is 4.94. The standard InChI is InChI=1S/C12H15O3/c1-8(2)10-4-9(7-13)5-11(6-10)12(14)15-3/h4-8,13H,1-3H3. The third-order valence-corrected chi connectivity index (χ3v) is 2.21. The Kier molecular flexibility index (Phi) is 3.86. The van der Waals surface area contributed by atoms with Crippen LogP contribution < -0.4 is 0 Å². The molecule has 0 atom stereocenters. The molecule has 0 aliphatic carbocycles. The van der Waals surface area contributed by atoms with E-state index in [1.54, 1.807) is 12.1 Å². The molecule has 3 nitrogen and oxygen atoms in total. The Morgan fingerprint density at radius 1 is 1.40 bits per heavy atom. The fraction of sp³-hybridized carbons (Fsp3) is 0.333. The maximum atomic E-state index is 11.3. The van der Waals surface area contributed by atoms with Crippen LogP contribution in [0, 0.1) is 6.61 Å². The number of methoxy groups -OCH3 is 1. The summed E-state index contributed by atoms with van der Waals surface area (Å²) in [4.78, 5) is 11.3. The summed E-state index contributed by atoms with van der Waals surface area (Å²) in [6.07, 6.45) is 0. The van der Waals surface area contributed by atoms with Crippen molar-refractivity contribution in [2.24, 2.45) is 0 Å². The molecule has 0 aliphatic rings. The highest BCUT2D eigenvalue weighted by Gasteiger charge is 2.10. The molecule has 1 aromatic carbocycles. The van der Waals surface area contributed by atoms with E-state index in [-0.39, 0.29) is 5.97 Å². The van der Waals surface area contributed by atoms with E-state index in [0.29, 0.717) is 17.0 Å². The fourth-order valence-electron chi connectivity index (χ4n) is 1.32. The van der Waals surface area contributed by atoms with Crippen molar-refractivity contribution in [1.82, 2.24) is 0 Å². The molecule has 0 aromatic heterocycles. The van der Waals surface area contributed by atoms with Crippen LogP contribution in [-0.2, 0) is 4.74 Å². The molecular formula is C12H15O3.